The number of fused-ring (bicyclic) bond motifs is 9. The van der Waals surface area contributed by atoms with E-state index in [1.807, 2.05) is 0 Å². The van der Waals surface area contributed by atoms with E-state index < -0.39 is 0 Å². The summed E-state index contributed by atoms with van der Waals surface area (Å²) in [6.45, 7) is 6.34. The van der Waals surface area contributed by atoms with Gasteiger partial charge in [0.1, 0.15) is 5.54 Å². The molecule has 3 aromatic rings. The van der Waals surface area contributed by atoms with Crippen LogP contribution in [0.1, 0.15) is 47.7 Å². The monoisotopic (exact) mass is 440 g/mol. The number of rotatable bonds is 1. The molecule has 7 rings (SSSR count). The van der Waals surface area contributed by atoms with Crippen LogP contribution in [0.15, 0.2) is 114 Å². The molecular formula is C32H28N2. The molecule has 1 spiro atoms. The lowest BCUT2D eigenvalue weighted by Crippen LogP contribution is -2.54. The van der Waals surface area contributed by atoms with Gasteiger partial charge < -0.3 is 9.80 Å². The minimum absolute atomic E-state index is 0.204. The van der Waals surface area contributed by atoms with Crippen LogP contribution in [0.2, 0.25) is 0 Å². The summed E-state index contributed by atoms with van der Waals surface area (Å²) in [5.74, 6) is 0. The van der Waals surface area contributed by atoms with Crippen molar-refractivity contribution < 1.29 is 0 Å². The van der Waals surface area contributed by atoms with Crippen molar-refractivity contribution in [2.24, 2.45) is 0 Å². The van der Waals surface area contributed by atoms with Crippen LogP contribution in [0.25, 0.3) is 11.3 Å². The zero-order valence-corrected chi connectivity index (χ0v) is 19.7. The van der Waals surface area contributed by atoms with E-state index in [0.29, 0.717) is 0 Å². The summed E-state index contributed by atoms with van der Waals surface area (Å²) in [6, 6.07) is 29.3. The minimum atomic E-state index is -0.204. The van der Waals surface area contributed by atoms with Gasteiger partial charge >= 0.3 is 0 Å². The van der Waals surface area contributed by atoms with Gasteiger partial charge in [-0.3, -0.25) is 0 Å². The van der Waals surface area contributed by atoms with E-state index in [1.165, 1.54) is 50.2 Å². The fraction of sp³-hybridized carbons (Fsp3) is 0.188. The van der Waals surface area contributed by atoms with Crippen LogP contribution < -0.4 is 0 Å². The van der Waals surface area contributed by atoms with Crippen LogP contribution in [0.5, 0.6) is 0 Å². The van der Waals surface area contributed by atoms with Gasteiger partial charge in [-0.1, -0.05) is 96.6 Å². The Morgan fingerprint density at radius 3 is 2.41 bits per heavy atom. The van der Waals surface area contributed by atoms with Crippen molar-refractivity contribution in [3.63, 3.8) is 0 Å². The second-order valence-electron chi connectivity index (χ2n) is 9.96. The molecule has 0 bridgehead atoms. The molecule has 0 saturated heterocycles. The first kappa shape index (κ1) is 19.7. The average Bonchev–Trinajstić information content (AvgIpc) is 3.14. The predicted molar refractivity (Wildman–Crippen MR) is 140 cm³/mol. The van der Waals surface area contributed by atoms with Crippen LogP contribution in [0, 0.1) is 0 Å². The van der Waals surface area contributed by atoms with Gasteiger partial charge in [0.15, 0.2) is 0 Å². The van der Waals surface area contributed by atoms with Crippen LogP contribution in [-0.4, -0.2) is 22.9 Å². The molecule has 4 aliphatic heterocycles. The standard InChI is InChI=1S/C32H28N2/c1-22-16-17-34-31(18-22)26-13-7-9-15-29(26)32(34)21-33-20-27(24-10-4-3-5-11-24)23(2)19-30(33)25-12-6-8-14-28(25)32/h3-16,18-20,30H,17,21H2,1-2H3/t30?,32-/m0/s1. The third kappa shape index (κ3) is 2.57. The molecule has 0 aromatic heterocycles. The number of hydrogen-bond acceptors (Lipinski definition) is 2. The van der Waals surface area contributed by atoms with E-state index in [0.717, 1.165) is 13.1 Å². The Morgan fingerprint density at radius 2 is 1.56 bits per heavy atom. The van der Waals surface area contributed by atoms with Crippen molar-refractivity contribution in [1.29, 1.82) is 0 Å². The molecule has 0 aliphatic carbocycles. The van der Waals surface area contributed by atoms with Crippen molar-refractivity contribution in [2.45, 2.75) is 25.4 Å². The molecule has 3 aromatic carbocycles. The van der Waals surface area contributed by atoms with Gasteiger partial charge in [0.25, 0.3) is 0 Å². The molecule has 0 amide bonds. The largest absolute Gasteiger partial charge is 0.363 e. The van der Waals surface area contributed by atoms with Crippen LogP contribution in [-0.2, 0) is 5.54 Å². The van der Waals surface area contributed by atoms with Crippen LogP contribution >= 0.6 is 0 Å². The highest BCUT2D eigenvalue weighted by Gasteiger charge is 2.54. The third-order valence-electron chi connectivity index (χ3n) is 8.07. The minimum Gasteiger partial charge on any atom is -0.363 e. The van der Waals surface area contributed by atoms with Crippen molar-refractivity contribution in [3.8, 4) is 0 Å². The summed E-state index contributed by atoms with van der Waals surface area (Å²) in [4.78, 5) is 5.24. The van der Waals surface area contributed by atoms with E-state index in [-0.39, 0.29) is 11.6 Å². The number of allylic oxidation sites excluding steroid dienone is 4. The molecule has 0 fully saturated rings. The Hall–Kier alpha value is -3.78. The highest BCUT2D eigenvalue weighted by molar-refractivity contribution is 5.82. The highest BCUT2D eigenvalue weighted by atomic mass is 15.3. The average molecular weight is 441 g/mol. The number of hydrogen-bond donors (Lipinski definition) is 0. The maximum absolute atomic E-state index is 2.65. The van der Waals surface area contributed by atoms with E-state index >= 15 is 0 Å². The zero-order valence-electron chi connectivity index (χ0n) is 19.7. The normalized spacial score (nSPS) is 24.4. The summed E-state index contributed by atoms with van der Waals surface area (Å²) in [5.41, 5.74) is 12.1. The van der Waals surface area contributed by atoms with E-state index in [2.05, 4.69) is 127 Å². The van der Waals surface area contributed by atoms with Gasteiger partial charge in [0, 0.05) is 29.6 Å². The lowest BCUT2D eigenvalue weighted by Gasteiger charge is -2.52. The molecule has 34 heavy (non-hydrogen) atoms. The Bertz CT molecular complexity index is 1440. The van der Waals surface area contributed by atoms with Gasteiger partial charge in [-0.05, 0) is 47.8 Å². The predicted octanol–water partition coefficient (Wildman–Crippen LogP) is 6.90. The topological polar surface area (TPSA) is 6.48 Å². The van der Waals surface area contributed by atoms with Gasteiger partial charge in [0.05, 0.1) is 12.6 Å². The molecule has 166 valence electrons. The highest BCUT2D eigenvalue weighted by Crippen LogP contribution is 2.56. The Balaban J connectivity index is 1.47. The molecule has 0 N–H and O–H groups in total. The Kier molecular flexibility index (Phi) is 4.11. The Labute approximate surface area is 201 Å². The maximum Gasteiger partial charge on any atom is 0.109 e. The first-order valence-electron chi connectivity index (χ1n) is 12.2. The van der Waals surface area contributed by atoms with Crippen LogP contribution in [0.3, 0.4) is 0 Å². The molecule has 0 saturated carbocycles. The quantitative estimate of drug-likeness (QED) is 0.406. The molecule has 4 heterocycles. The molecule has 0 radical (unpaired) electrons. The van der Waals surface area contributed by atoms with E-state index in [1.54, 1.807) is 0 Å². The lowest BCUT2D eigenvalue weighted by molar-refractivity contribution is 0.136. The molecule has 2 atom stereocenters. The SMILES string of the molecule is CC1=CCN2C(=C1)c1ccccc1[C@@]21CN2C=C(c3ccccc3)C(C)=CC2c2ccccc21. The van der Waals surface area contributed by atoms with Gasteiger partial charge in [0.2, 0.25) is 0 Å². The van der Waals surface area contributed by atoms with E-state index in [4.69, 9.17) is 0 Å². The van der Waals surface area contributed by atoms with E-state index in [9.17, 15) is 0 Å². The van der Waals surface area contributed by atoms with Crippen molar-refractivity contribution in [3.05, 3.63) is 142 Å². The summed E-state index contributed by atoms with van der Waals surface area (Å²) in [5, 5.41) is 0. The van der Waals surface area contributed by atoms with Gasteiger partial charge in [-0.2, -0.15) is 0 Å². The second-order valence-corrected chi connectivity index (χ2v) is 9.96. The molecule has 1 unspecified atom stereocenters. The maximum atomic E-state index is 2.65. The van der Waals surface area contributed by atoms with Gasteiger partial charge in [-0.15, -0.1) is 0 Å². The molecule has 4 aliphatic rings. The van der Waals surface area contributed by atoms with Crippen molar-refractivity contribution in [1.82, 2.24) is 9.80 Å². The summed E-state index contributed by atoms with van der Waals surface area (Å²) >= 11 is 0. The summed E-state index contributed by atoms with van der Waals surface area (Å²) in [7, 11) is 0. The first-order chi connectivity index (χ1) is 16.7. The fourth-order valence-electron chi connectivity index (χ4n) is 6.53. The molecular weight excluding hydrogens is 412 g/mol. The summed E-state index contributed by atoms with van der Waals surface area (Å²) < 4.78 is 0. The zero-order chi connectivity index (χ0) is 22.9. The van der Waals surface area contributed by atoms with Crippen molar-refractivity contribution >= 4 is 11.3 Å². The lowest BCUT2D eigenvalue weighted by atomic mass is 9.73. The molecule has 2 nitrogen and oxygen atoms in total. The number of nitrogens with zero attached hydrogens (tertiary/aromatic N) is 2. The van der Waals surface area contributed by atoms with Gasteiger partial charge in [-0.25, -0.2) is 0 Å². The fourth-order valence-corrected chi connectivity index (χ4v) is 6.53. The third-order valence-corrected chi connectivity index (χ3v) is 8.07. The Morgan fingerprint density at radius 1 is 0.824 bits per heavy atom. The first-order valence-corrected chi connectivity index (χ1v) is 12.2. The molecule has 2 heteroatoms. The number of benzene rings is 3. The second kappa shape index (κ2) is 7.11. The van der Waals surface area contributed by atoms with Crippen LogP contribution in [0.4, 0.5) is 0 Å². The smallest absolute Gasteiger partial charge is 0.109 e. The summed E-state index contributed by atoms with van der Waals surface area (Å²) in [6.07, 6.45) is 9.63. The van der Waals surface area contributed by atoms with Crippen molar-refractivity contribution in [2.75, 3.05) is 13.1 Å².